The van der Waals surface area contributed by atoms with E-state index in [4.69, 9.17) is 5.73 Å². The maximum atomic E-state index is 11.7. The first-order chi connectivity index (χ1) is 7.64. The summed E-state index contributed by atoms with van der Waals surface area (Å²) in [4.78, 5) is 2.27. The van der Waals surface area contributed by atoms with Crippen molar-refractivity contribution in [2.75, 3.05) is 37.7 Å². The molecule has 0 unspecified atom stereocenters. The van der Waals surface area contributed by atoms with Gasteiger partial charge in [-0.3, -0.25) is 0 Å². The molecule has 0 atom stereocenters. The van der Waals surface area contributed by atoms with Crippen LogP contribution in [-0.2, 0) is 9.84 Å². The van der Waals surface area contributed by atoms with Gasteiger partial charge < -0.3 is 10.6 Å². The second-order valence-electron chi connectivity index (χ2n) is 4.55. The van der Waals surface area contributed by atoms with E-state index in [1.807, 2.05) is 0 Å². The van der Waals surface area contributed by atoms with E-state index in [2.05, 4.69) is 4.90 Å². The van der Waals surface area contributed by atoms with Crippen LogP contribution in [0.2, 0.25) is 0 Å². The fourth-order valence-electron chi connectivity index (χ4n) is 2.02. The Labute approximate surface area is 99.1 Å². The van der Waals surface area contributed by atoms with E-state index in [-0.39, 0.29) is 0 Å². The van der Waals surface area contributed by atoms with Crippen molar-refractivity contribution in [2.45, 2.75) is 32.1 Å². The van der Waals surface area contributed by atoms with E-state index in [0.717, 1.165) is 19.5 Å². The highest BCUT2D eigenvalue weighted by Gasteiger charge is 2.15. The Hall–Kier alpha value is -0.130. The minimum Gasteiger partial charge on any atom is -0.330 e. The number of sulfone groups is 1. The molecule has 0 radical (unpaired) electrons. The van der Waals surface area contributed by atoms with Crippen LogP contribution in [-0.4, -0.2) is 51.0 Å². The quantitative estimate of drug-likeness (QED) is 0.671. The van der Waals surface area contributed by atoms with Gasteiger partial charge in [-0.25, -0.2) is 8.42 Å². The van der Waals surface area contributed by atoms with Crippen LogP contribution in [0.3, 0.4) is 0 Å². The Bertz CT molecular complexity index is 272. The molecule has 0 bridgehead atoms. The van der Waals surface area contributed by atoms with Gasteiger partial charge in [0.1, 0.15) is 0 Å². The van der Waals surface area contributed by atoms with Crippen LogP contribution in [0.1, 0.15) is 32.1 Å². The van der Waals surface area contributed by atoms with Crippen LogP contribution >= 0.6 is 0 Å². The van der Waals surface area contributed by atoms with Crippen LogP contribution < -0.4 is 5.73 Å². The highest BCUT2D eigenvalue weighted by atomic mass is 32.2. The van der Waals surface area contributed by atoms with Crippen molar-refractivity contribution in [1.82, 2.24) is 4.90 Å². The first-order valence-corrected chi connectivity index (χ1v) is 8.09. The lowest BCUT2D eigenvalue weighted by atomic mass is 10.1. The normalized spacial score (nSPS) is 18.8. The topological polar surface area (TPSA) is 63.4 Å². The van der Waals surface area contributed by atoms with Gasteiger partial charge >= 0.3 is 0 Å². The summed E-state index contributed by atoms with van der Waals surface area (Å²) < 4.78 is 23.4. The Morgan fingerprint density at radius 1 is 1.00 bits per heavy atom. The molecule has 1 saturated heterocycles. The Kier molecular flexibility index (Phi) is 6.31. The van der Waals surface area contributed by atoms with Crippen molar-refractivity contribution in [2.24, 2.45) is 5.73 Å². The molecule has 1 aliphatic rings. The summed E-state index contributed by atoms with van der Waals surface area (Å²) in [6.45, 7) is 3.43. The van der Waals surface area contributed by atoms with Crippen LogP contribution in [0.4, 0.5) is 0 Å². The Morgan fingerprint density at radius 3 is 2.31 bits per heavy atom. The van der Waals surface area contributed by atoms with Gasteiger partial charge in [0.25, 0.3) is 0 Å². The van der Waals surface area contributed by atoms with Crippen LogP contribution in [0.5, 0.6) is 0 Å². The number of rotatable bonds is 7. The van der Waals surface area contributed by atoms with Crippen LogP contribution in [0.15, 0.2) is 0 Å². The maximum Gasteiger partial charge on any atom is 0.151 e. The largest absolute Gasteiger partial charge is 0.330 e. The molecule has 1 fully saturated rings. The summed E-state index contributed by atoms with van der Waals surface area (Å²) in [6.07, 6.45) is 5.24. The average Bonchev–Trinajstić information content (AvgIpc) is 2.28. The third-order valence-corrected chi connectivity index (χ3v) is 4.79. The molecule has 0 aromatic heterocycles. The maximum absolute atomic E-state index is 11.7. The van der Waals surface area contributed by atoms with Gasteiger partial charge in [0.05, 0.1) is 11.5 Å². The Morgan fingerprint density at radius 2 is 1.69 bits per heavy atom. The van der Waals surface area contributed by atoms with Crippen molar-refractivity contribution >= 4 is 9.84 Å². The van der Waals surface area contributed by atoms with Gasteiger partial charge in [0.2, 0.25) is 0 Å². The van der Waals surface area contributed by atoms with Crippen LogP contribution in [0, 0.1) is 0 Å². The van der Waals surface area contributed by atoms with Gasteiger partial charge in [0, 0.05) is 6.54 Å². The van der Waals surface area contributed by atoms with Gasteiger partial charge in [-0.2, -0.15) is 0 Å². The third-order valence-electron chi connectivity index (χ3n) is 3.08. The molecule has 96 valence electrons. The number of hydrogen-bond acceptors (Lipinski definition) is 4. The van der Waals surface area contributed by atoms with Crippen molar-refractivity contribution in [3.8, 4) is 0 Å². The van der Waals surface area contributed by atoms with E-state index in [1.54, 1.807) is 0 Å². The number of nitrogens with zero attached hydrogens (tertiary/aromatic N) is 1. The van der Waals surface area contributed by atoms with E-state index < -0.39 is 9.84 Å². The predicted molar refractivity (Wildman–Crippen MR) is 67.2 cm³/mol. The van der Waals surface area contributed by atoms with Crippen molar-refractivity contribution < 1.29 is 8.42 Å². The molecule has 2 N–H and O–H groups in total. The molecule has 5 heteroatoms. The van der Waals surface area contributed by atoms with Gasteiger partial charge in [0.15, 0.2) is 9.84 Å². The highest BCUT2D eigenvalue weighted by Crippen LogP contribution is 2.08. The molecule has 0 aromatic carbocycles. The molecular weight excluding hydrogens is 224 g/mol. The smallest absolute Gasteiger partial charge is 0.151 e. The molecule has 16 heavy (non-hydrogen) atoms. The second-order valence-corrected chi connectivity index (χ2v) is 6.85. The zero-order chi connectivity index (χ0) is 11.9. The SMILES string of the molecule is NCCCCS(=O)(=O)CCN1CCCCC1. The monoisotopic (exact) mass is 248 g/mol. The van der Waals surface area contributed by atoms with Crippen molar-refractivity contribution in [1.29, 1.82) is 0 Å². The number of nitrogens with two attached hydrogens (primary N) is 1. The van der Waals surface area contributed by atoms with E-state index >= 15 is 0 Å². The number of hydrogen-bond donors (Lipinski definition) is 1. The molecule has 0 amide bonds. The molecule has 0 aromatic rings. The van der Waals surface area contributed by atoms with Crippen molar-refractivity contribution in [3.05, 3.63) is 0 Å². The lowest BCUT2D eigenvalue weighted by Gasteiger charge is -2.26. The zero-order valence-electron chi connectivity index (χ0n) is 10.0. The molecule has 0 aliphatic carbocycles. The second kappa shape index (κ2) is 7.25. The molecule has 0 spiro atoms. The number of piperidine rings is 1. The predicted octanol–water partition coefficient (Wildman–Crippen LogP) is 0.626. The third kappa shape index (κ3) is 5.82. The van der Waals surface area contributed by atoms with E-state index in [0.29, 0.717) is 31.0 Å². The summed E-state index contributed by atoms with van der Waals surface area (Å²) in [5.41, 5.74) is 5.35. The Balaban J connectivity index is 2.18. The van der Waals surface area contributed by atoms with Crippen molar-refractivity contribution in [3.63, 3.8) is 0 Å². The van der Waals surface area contributed by atoms with E-state index in [1.165, 1.54) is 19.3 Å². The first kappa shape index (κ1) is 13.9. The average molecular weight is 248 g/mol. The van der Waals surface area contributed by atoms with Crippen LogP contribution in [0.25, 0.3) is 0 Å². The summed E-state index contributed by atoms with van der Waals surface area (Å²) in [7, 11) is -2.85. The lowest BCUT2D eigenvalue weighted by molar-refractivity contribution is 0.241. The van der Waals surface area contributed by atoms with Gasteiger partial charge in [-0.1, -0.05) is 6.42 Å². The zero-order valence-corrected chi connectivity index (χ0v) is 10.8. The summed E-state index contributed by atoms with van der Waals surface area (Å²) >= 11 is 0. The molecule has 1 rings (SSSR count). The highest BCUT2D eigenvalue weighted by molar-refractivity contribution is 7.91. The fourth-order valence-corrected chi connectivity index (χ4v) is 3.40. The van der Waals surface area contributed by atoms with E-state index in [9.17, 15) is 8.42 Å². The minimum absolute atomic E-state index is 0.304. The molecule has 4 nitrogen and oxygen atoms in total. The first-order valence-electron chi connectivity index (χ1n) is 6.27. The lowest BCUT2D eigenvalue weighted by Crippen LogP contribution is -2.34. The molecular formula is C11H24N2O2S. The summed E-state index contributed by atoms with van der Waals surface area (Å²) in [5, 5.41) is 0. The summed E-state index contributed by atoms with van der Waals surface area (Å²) in [6, 6.07) is 0. The molecule has 1 aliphatic heterocycles. The molecule has 0 saturated carbocycles. The molecule has 1 heterocycles. The number of likely N-dealkylation sites (tertiary alicyclic amines) is 1. The summed E-state index contributed by atoms with van der Waals surface area (Å²) in [5.74, 6) is 0.621. The van der Waals surface area contributed by atoms with Gasteiger partial charge in [-0.05, 0) is 45.3 Å². The minimum atomic E-state index is -2.85. The standard InChI is InChI=1S/C11H24N2O2S/c12-6-2-5-10-16(14,15)11-9-13-7-3-1-4-8-13/h1-12H2. The van der Waals surface area contributed by atoms with Gasteiger partial charge in [-0.15, -0.1) is 0 Å². The number of unbranched alkanes of at least 4 members (excludes halogenated alkanes) is 1. The fraction of sp³-hybridized carbons (Fsp3) is 1.00.